The first-order valence-corrected chi connectivity index (χ1v) is 21.9. The van der Waals surface area contributed by atoms with Gasteiger partial charge in [0.2, 0.25) is 0 Å². The molecule has 0 bridgehead atoms. The average molecular weight is 678 g/mol. The smallest absolute Gasteiger partial charge is 0.162 e. The molecule has 0 radical (unpaired) electrons. The van der Waals surface area contributed by atoms with E-state index < -0.39 is 18.2 Å². The monoisotopic (exact) mass is 678 g/mol. The van der Waals surface area contributed by atoms with Crippen LogP contribution < -0.4 is 5.73 Å². The third-order valence-corrected chi connectivity index (χ3v) is 10.4. The predicted octanol–water partition coefficient (Wildman–Crippen LogP) is 13.2. The van der Waals surface area contributed by atoms with Crippen molar-refractivity contribution < 1.29 is 15.0 Å². The van der Waals surface area contributed by atoms with E-state index in [1.54, 1.807) is 6.08 Å². The molecule has 4 N–H and O–H groups in total. The Labute approximate surface area is 301 Å². The molecule has 0 aromatic rings. The number of ketones is 1. The van der Waals surface area contributed by atoms with E-state index in [0.29, 0.717) is 6.42 Å². The molecule has 0 saturated carbocycles. The van der Waals surface area contributed by atoms with Crippen molar-refractivity contribution in [3.8, 4) is 0 Å². The van der Waals surface area contributed by atoms with Crippen LogP contribution >= 0.6 is 0 Å². The molecule has 0 rings (SSSR count). The summed E-state index contributed by atoms with van der Waals surface area (Å²) in [6.07, 6.45) is 48.1. The van der Waals surface area contributed by atoms with E-state index in [9.17, 15) is 15.0 Å². The van der Waals surface area contributed by atoms with Crippen molar-refractivity contribution in [2.45, 2.75) is 263 Å². The first kappa shape index (κ1) is 47.3. The molecule has 0 amide bonds. The third kappa shape index (κ3) is 33.8. The van der Waals surface area contributed by atoms with Crippen LogP contribution in [0.4, 0.5) is 0 Å². The molecule has 4 heteroatoms. The topological polar surface area (TPSA) is 83.6 Å². The predicted molar refractivity (Wildman–Crippen MR) is 212 cm³/mol. The summed E-state index contributed by atoms with van der Waals surface area (Å²) in [7, 11) is 0. The minimum Gasteiger partial charge on any atom is -0.387 e. The number of unbranched alkanes of at least 4 members (excludes halogenated alkanes) is 33. The molecule has 0 saturated heterocycles. The maximum absolute atomic E-state index is 12.4. The second kappa shape index (κ2) is 39.1. The summed E-state index contributed by atoms with van der Waals surface area (Å²) >= 11 is 0. The maximum atomic E-state index is 12.4. The van der Waals surface area contributed by atoms with E-state index in [4.69, 9.17) is 5.73 Å². The standard InChI is InChI=1S/C44H87NO3/c1-3-5-7-9-11-13-15-17-18-19-20-21-22-23-24-25-26-28-30-32-34-36-38-40-42(47)44(48)43(45)41(46)39-37-35-33-31-29-27-16-14-12-10-8-6-4-2/h37,39,41,43-44,46,48H,3-36,38,40,45H2,1-2H3/b39-37+/t41-,43-,44?/m1/s1. The summed E-state index contributed by atoms with van der Waals surface area (Å²) in [5, 5.41) is 20.7. The van der Waals surface area contributed by atoms with Crippen molar-refractivity contribution in [2.24, 2.45) is 5.73 Å². The molecular formula is C44H87NO3. The van der Waals surface area contributed by atoms with Gasteiger partial charge in [-0.2, -0.15) is 0 Å². The van der Waals surface area contributed by atoms with Crippen LogP contribution in [0, 0.1) is 0 Å². The average Bonchev–Trinajstić information content (AvgIpc) is 3.09. The number of aliphatic hydroxyl groups is 2. The summed E-state index contributed by atoms with van der Waals surface area (Å²) in [5.41, 5.74) is 6.02. The lowest BCUT2D eigenvalue weighted by Gasteiger charge is -2.21. The molecule has 1 unspecified atom stereocenters. The zero-order valence-electron chi connectivity index (χ0n) is 32.7. The fraction of sp³-hybridized carbons (Fsp3) is 0.932. The molecule has 3 atom stereocenters. The van der Waals surface area contributed by atoms with Crippen LogP contribution in [-0.2, 0) is 4.79 Å². The highest BCUT2D eigenvalue weighted by Crippen LogP contribution is 2.17. The van der Waals surface area contributed by atoms with Gasteiger partial charge in [-0.3, -0.25) is 4.79 Å². The molecule has 4 nitrogen and oxygen atoms in total. The molecule has 0 aromatic heterocycles. The summed E-state index contributed by atoms with van der Waals surface area (Å²) in [4.78, 5) is 12.4. The maximum Gasteiger partial charge on any atom is 0.162 e. The molecule has 0 spiro atoms. The molecule has 48 heavy (non-hydrogen) atoms. The van der Waals surface area contributed by atoms with Gasteiger partial charge in [0, 0.05) is 6.42 Å². The van der Waals surface area contributed by atoms with E-state index in [-0.39, 0.29) is 5.78 Å². The number of Topliss-reactive ketones (excluding diaryl/α,β-unsaturated/α-hetero) is 1. The van der Waals surface area contributed by atoms with E-state index in [2.05, 4.69) is 13.8 Å². The van der Waals surface area contributed by atoms with Gasteiger partial charge in [-0.15, -0.1) is 0 Å². The fourth-order valence-corrected chi connectivity index (χ4v) is 6.92. The van der Waals surface area contributed by atoms with Gasteiger partial charge in [0.25, 0.3) is 0 Å². The number of hydrogen-bond acceptors (Lipinski definition) is 4. The summed E-state index contributed by atoms with van der Waals surface area (Å²) in [5.74, 6) is -0.233. The third-order valence-electron chi connectivity index (χ3n) is 10.4. The Morgan fingerprint density at radius 2 is 0.729 bits per heavy atom. The number of carbonyl (C=O) groups is 1. The zero-order chi connectivity index (χ0) is 35.2. The van der Waals surface area contributed by atoms with Gasteiger partial charge >= 0.3 is 0 Å². The van der Waals surface area contributed by atoms with Gasteiger partial charge in [0.1, 0.15) is 6.10 Å². The lowest BCUT2D eigenvalue weighted by atomic mass is 9.97. The molecular weight excluding hydrogens is 590 g/mol. The van der Waals surface area contributed by atoms with E-state index in [1.807, 2.05) is 6.08 Å². The van der Waals surface area contributed by atoms with Gasteiger partial charge < -0.3 is 15.9 Å². The molecule has 0 fully saturated rings. The summed E-state index contributed by atoms with van der Waals surface area (Å²) in [6, 6.07) is -0.949. The Hall–Kier alpha value is -0.710. The second-order valence-corrected chi connectivity index (χ2v) is 15.3. The highest BCUT2D eigenvalue weighted by atomic mass is 16.3. The van der Waals surface area contributed by atoms with Gasteiger partial charge in [-0.05, 0) is 19.3 Å². The van der Waals surface area contributed by atoms with Crippen molar-refractivity contribution in [1.82, 2.24) is 0 Å². The van der Waals surface area contributed by atoms with Crippen LogP contribution in [0.5, 0.6) is 0 Å². The fourth-order valence-electron chi connectivity index (χ4n) is 6.92. The number of nitrogens with two attached hydrogens (primary N) is 1. The first-order valence-electron chi connectivity index (χ1n) is 21.9. The minimum absolute atomic E-state index is 0.233. The Balaban J connectivity index is 3.50. The molecule has 286 valence electrons. The molecule has 0 aromatic carbocycles. The number of hydrogen-bond donors (Lipinski definition) is 3. The lowest BCUT2D eigenvalue weighted by Crippen LogP contribution is -2.47. The lowest BCUT2D eigenvalue weighted by molar-refractivity contribution is -0.129. The van der Waals surface area contributed by atoms with Crippen LogP contribution in [0.15, 0.2) is 12.2 Å². The molecule has 0 heterocycles. The van der Waals surface area contributed by atoms with Crippen LogP contribution in [0.2, 0.25) is 0 Å². The summed E-state index contributed by atoms with van der Waals surface area (Å²) in [6.45, 7) is 4.56. The second-order valence-electron chi connectivity index (χ2n) is 15.3. The number of rotatable bonds is 40. The number of aliphatic hydroxyl groups excluding tert-OH is 2. The molecule has 0 aliphatic heterocycles. The SMILES string of the molecule is CCCCCCCCCCCCC/C=C/[C@@H](O)[C@@H](N)C(O)C(=O)CCCCCCCCCCCCCCCCCCCCCCCCC. The highest BCUT2D eigenvalue weighted by molar-refractivity contribution is 5.83. The van der Waals surface area contributed by atoms with Crippen LogP contribution in [-0.4, -0.2) is 34.2 Å². The van der Waals surface area contributed by atoms with Crippen molar-refractivity contribution in [3.63, 3.8) is 0 Å². The minimum atomic E-state index is -1.29. The van der Waals surface area contributed by atoms with Gasteiger partial charge in [0.05, 0.1) is 12.1 Å². The Kier molecular flexibility index (Phi) is 38.5. The number of carbonyl (C=O) groups excluding carboxylic acids is 1. The normalized spacial score (nSPS) is 13.8. The molecule has 0 aliphatic carbocycles. The van der Waals surface area contributed by atoms with Crippen molar-refractivity contribution >= 4 is 5.78 Å². The van der Waals surface area contributed by atoms with E-state index >= 15 is 0 Å². The molecule has 0 aliphatic rings. The highest BCUT2D eigenvalue weighted by Gasteiger charge is 2.26. The van der Waals surface area contributed by atoms with Gasteiger partial charge in [0.15, 0.2) is 5.78 Å². The Morgan fingerprint density at radius 3 is 1.04 bits per heavy atom. The van der Waals surface area contributed by atoms with Crippen LogP contribution in [0.1, 0.15) is 245 Å². The quantitative estimate of drug-likeness (QED) is 0.0445. The number of allylic oxidation sites excluding steroid dienone is 1. The van der Waals surface area contributed by atoms with Crippen molar-refractivity contribution in [1.29, 1.82) is 0 Å². The van der Waals surface area contributed by atoms with E-state index in [0.717, 1.165) is 32.1 Å². The summed E-state index contributed by atoms with van der Waals surface area (Å²) < 4.78 is 0. The van der Waals surface area contributed by atoms with Crippen molar-refractivity contribution in [3.05, 3.63) is 12.2 Å². The van der Waals surface area contributed by atoms with Gasteiger partial charge in [-0.25, -0.2) is 0 Å². The van der Waals surface area contributed by atoms with Gasteiger partial charge in [-0.1, -0.05) is 231 Å². The van der Waals surface area contributed by atoms with Crippen LogP contribution in [0.3, 0.4) is 0 Å². The van der Waals surface area contributed by atoms with Crippen LogP contribution in [0.25, 0.3) is 0 Å². The first-order chi connectivity index (χ1) is 23.5. The van der Waals surface area contributed by atoms with Crippen molar-refractivity contribution in [2.75, 3.05) is 0 Å². The van der Waals surface area contributed by atoms with E-state index in [1.165, 1.54) is 193 Å². The largest absolute Gasteiger partial charge is 0.387 e. The zero-order valence-corrected chi connectivity index (χ0v) is 32.7. The Bertz CT molecular complexity index is 666. The Morgan fingerprint density at radius 1 is 0.458 bits per heavy atom.